The number of hydrogen-bond donors (Lipinski definition) is 5. The van der Waals surface area contributed by atoms with Crippen LogP contribution in [0.1, 0.15) is 31.7 Å². The van der Waals surface area contributed by atoms with E-state index in [2.05, 4.69) is 12.2 Å². The van der Waals surface area contributed by atoms with Gasteiger partial charge in [0.25, 0.3) is 0 Å². The summed E-state index contributed by atoms with van der Waals surface area (Å²) in [6.45, 7) is 2.11. The lowest BCUT2D eigenvalue weighted by Crippen LogP contribution is -2.19. The Morgan fingerprint density at radius 3 is 1.95 bits per heavy atom. The first-order valence-electron chi connectivity index (χ1n) is 6.60. The summed E-state index contributed by atoms with van der Waals surface area (Å²) in [5.41, 5.74) is -0.903. The minimum absolute atomic E-state index is 0.255. The smallest absolute Gasteiger partial charge is 0.360 e. The lowest BCUT2D eigenvalue weighted by atomic mass is 10.1. The fraction of sp³-hybridized carbons (Fsp3) is 0.500. The van der Waals surface area contributed by atoms with Crippen LogP contribution in [0, 0.1) is 0 Å². The summed E-state index contributed by atoms with van der Waals surface area (Å²) < 4.78 is 22.3. The van der Waals surface area contributed by atoms with Crippen molar-refractivity contribution < 1.29 is 28.7 Å². The summed E-state index contributed by atoms with van der Waals surface area (Å²) in [4.78, 5) is 36.1. The SMILES string of the molecule is CCCCCc1ccc(NC(P(=O)(O)O)P(=O)(O)O)cc1. The summed E-state index contributed by atoms with van der Waals surface area (Å²) in [7, 11) is -9.94. The van der Waals surface area contributed by atoms with Crippen molar-refractivity contribution in [3.63, 3.8) is 0 Å². The topological polar surface area (TPSA) is 127 Å². The number of anilines is 1. The molecule has 0 unspecified atom stereocenters. The second kappa shape index (κ2) is 7.54. The van der Waals surface area contributed by atoms with Gasteiger partial charge in [-0.1, -0.05) is 31.9 Å². The van der Waals surface area contributed by atoms with Gasteiger partial charge in [-0.05, 0) is 30.5 Å². The third-order valence-electron chi connectivity index (χ3n) is 2.96. The van der Waals surface area contributed by atoms with Crippen LogP contribution in [0.3, 0.4) is 0 Å². The molecule has 7 nitrogen and oxygen atoms in total. The molecule has 21 heavy (non-hydrogen) atoms. The molecule has 0 aliphatic rings. The Balaban J connectivity index is 2.78. The van der Waals surface area contributed by atoms with Crippen molar-refractivity contribution in [3.05, 3.63) is 29.8 Å². The molecule has 0 heterocycles. The number of rotatable bonds is 8. The molecule has 0 bridgehead atoms. The van der Waals surface area contributed by atoms with Gasteiger partial charge in [-0.2, -0.15) is 0 Å². The summed E-state index contributed by atoms with van der Waals surface area (Å²) in [6, 6.07) is 6.65. The fourth-order valence-electron chi connectivity index (χ4n) is 1.86. The van der Waals surface area contributed by atoms with E-state index < -0.39 is 20.7 Å². The van der Waals surface area contributed by atoms with Crippen molar-refractivity contribution in [2.75, 3.05) is 5.32 Å². The Bertz CT molecular complexity index is 513. The average Bonchev–Trinajstić information content (AvgIpc) is 2.35. The molecule has 120 valence electrons. The predicted molar refractivity (Wildman–Crippen MR) is 81.2 cm³/mol. The molecule has 1 rings (SSSR count). The number of unbranched alkanes of at least 4 members (excludes halogenated alkanes) is 2. The van der Waals surface area contributed by atoms with Crippen LogP contribution in [0.15, 0.2) is 24.3 Å². The Hall–Kier alpha value is -0.680. The van der Waals surface area contributed by atoms with Crippen LogP contribution in [0.2, 0.25) is 0 Å². The Labute approximate surface area is 123 Å². The highest BCUT2D eigenvalue weighted by molar-refractivity contribution is 7.71. The quantitative estimate of drug-likeness (QED) is 0.364. The molecule has 1 aromatic carbocycles. The number of hydrogen-bond acceptors (Lipinski definition) is 3. The van der Waals surface area contributed by atoms with E-state index in [4.69, 9.17) is 19.6 Å². The van der Waals surface area contributed by atoms with E-state index in [9.17, 15) is 9.13 Å². The molecule has 0 aromatic heterocycles. The third kappa shape index (κ3) is 6.30. The second-order valence-corrected chi connectivity index (χ2v) is 8.65. The van der Waals surface area contributed by atoms with Crippen LogP contribution in [-0.4, -0.2) is 25.1 Å². The predicted octanol–water partition coefficient (Wildman–Crippen LogP) is 2.47. The Morgan fingerprint density at radius 1 is 1.00 bits per heavy atom. The third-order valence-corrected chi connectivity index (χ3v) is 6.29. The number of nitrogens with one attached hydrogen (secondary N) is 1. The molecule has 0 atom stereocenters. The van der Waals surface area contributed by atoms with Crippen LogP contribution in [0.25, 0.3) is 0 Å². The van der Waals surface area contributed by atoms with E-state index in [0.29, 0.717) is 0 Å². The van der Waals surface area contributed by atoms with E-state index in [-0.39, 0.29) is 5.69 Å². The highest BCUT2D eigenvalue weighted by atomic mass is 31.2. The maximum Gasteiger partial charge on any atom is 0.360 e. The van der Waals surface area contributed by atoms with Gasteiger partial charge in [0.05, 0.1) is 0 Å². The van der Waals surface area contributed by atoms with Gasteiger partial charge in [0.2, 0.25) is 5.52 Å². The molecular formula is C12H21NO6P2. The van der Waals surface area contributed by atoms with Crippen molar-refractivity contribution in [1.82, 2.24) is 0 Å². The maximum atomic E-state index is 11.2. The van der Waals surface area contributed by atoms with Crippen LogP contribution in [0.4, 0.5) is 5.69 Å². The average molecular weight is 337 g/mol. The van der Waals surface area contributed by atoms with Crippen LogP contribution >= 0.6 is 15.2 Å². The monoisotopic (exact) mass is 337 g/mol. The molecule has 0 radical (unpaired) electrons. The molecule has 5 N–H and O–H groups in total. The van der Waals surface area contributed by atoms with Gasteiger partial charge >= 0.3 is 15.2 Å². The van der Waals surface area contributed by atoms with E-state index in [1.165, 1.54) is 0 Å². The van der Waals surface area contributed by atoms with Gasteiger partial charge in [-0.25, -0.2) is 0 Å². The van der Waals surface area contributed by atoms with Crippen molar-refractivity contribution in [1.29, 1.82) is 0 Å². The lowest BCUT2D eigenvalue weighted by molar-refractivity contribution is 0.343. The fourth-order valence-corrected chi connectivity index (χ4v) is 4.06. The number of benzene rings is 1. The summed E-state index contributed by atoms with van der Waals surface area (Å²) >= 11 is 0. The zero-order valence-electron chi connectivity index (χ0n) is 11.7. The van der Waals surface area contributed by atoms with E-state index in [1.54, 1.807) is 24.3 Å². The van der Waals surface area contributed by atoms with Crippen molar-refractivity contribution >= 4 is 20.9 Å². The normalized spacial score (nSPS) is 12.7. The van der Waals surface area contributed by atoms with Crippen LogP contribution in [-0.2, 0) is 15.6 Å². The Morgan fingerprint density at radius 2 is 1.52 bits per heavy atom. The first kappa shape index (κ1) is 18.4. The van der Waals surface area contributed by atoms with Gasteiger partial charge in [-0.3, -0.25) is 9.13 Å². The molecule has 0 amide bonds. The first-order chi connectivity index (χ1) is 9.64. The van der Waals surface area contributed by atoms with Gasteiger partial charge in [0, 0.05) is 5.69 Å². The molecule has 0 saturated heterocycles. The zero-order valence-corrected chi connectivity index (χ0v) is 13.5. The van der Waals surface area contributed by atoms with Gasteiger partial charge in [-0.15, -0.1) is 0 Å². The second-order valence-electron chi connectivity index (χ2n) is 4.85. The van der Waals surface area contributed by atoms with Crippen molar-refractivity contribution in [2.45, 2.75) is 38.1 Å². The zero-order chi connectivity index (χ0) is 16.1. The first-order valence-corrected chi connectivity index (χ1v) is 9.97. The van der Waals surface area contributed by atoms with Crippen molar-refractivity contribution in [2.24, 2.45) is 0 Å². The minimum atomic E-state index is -4.97. The minimum Gasteiger partial charge on any atom is -0.362 e. The van der Waals surface area contributed by atoms with Gasteiger partial charge in [0.1, 0.15) is 0 Å². The highest BCUT2D eigenvalue weighted by Gasteiger charge is 2.43. The summed E-state index contributed by atoms with van der Waals surface area (Å²) in [6.07, 6.45) is 4.19. The molecule has 1 aromatic rings. The van der Waals surface area contributed by atoms with E-state index >= 15 is 0 Å². The standard InChI is InChI=1S/C12H21NO6P2/c1-2-3-4-5-10-6-8-11(9-7-10)13-12(20(14,15)16)21(17,18)19/h6-9,12-13H,2-5H2,1H3,(H2,14,15,16)(H2,17,18,19). The summed E-state index contributed by atoms with van der Waals surface area (Å²) in [5.74, 6) is 0. The van der Waals surface area contributed by atoms with Crippen molar-refractivity contribution in [3.8, 4) is 0 Å². The molecule has 9 heteroatoms. The van der Waals surface area contributed by atoms with Gasteiger partial charge in [0.15, 0.2) is 0 Å². The van der Waals surface area contributed by atoms with Crippen LogP contribution in [0.5, 0.6) is 0 Å². The van der Waals surface area contributed by atoms with Crippen LogP contribution < -0.4 is 5.32 Å². The van der Waals surface area contributed by atoms with Gasteiger partial charge < -0.3 is 24.9 Å². The largest absolute Gasteiger partial charge is 0.362 e. The lowest BCUT2D eigenvalue weighted by Gasteiger charge is -2.21. The molecule has 0 aliphatic heterocycles. The molecule has 0 spiro atoms. The molecule has 0 aliphatic carbocycles. The Kier molecular flexibility index (Phi) is 6.60. The highest BCUT2D eigenvalue weighted by Crippen LogP contribution is 2.59. The van der Waals surface area contributed by atoms with E-state index in [0.717, 1.165) is 31.2 Å². The summed E-state index contributed by atoms with van der Waals surface area (Å²) in [5, 5.41) is 2.23. The molecular weight excluding hydrogens is 316 g/mol. The maximum absolute atomic E-state index is 11.2. The molecule has 0 fully saturated rings. The van der Waals surface area contributed by atoms with E-state index in [1.807, 2.05) is 0 Å². The number of aryl methyl sites for hydroxylation is 1. The molecule has 0 saturated carbocycles.